The molecule has 0 atom stereocenters. The topological polar surface area (TPSA) is 67.2 Å². The lowest BCUT2D eigenvalue weighted by Crippen LogP contribution is -2.22. The Hall–Kier alpha value is -1.55. The predicted octanol–water partition coefficient (Wildman–Crippen LogP) is 1.51. The van der Waals surface area contributed by atoms with Crippen molar-refractivity contribution in [1.29, 1.82) is 0 Å². The predicted molar refractivity (Wildman–Crippen MR) is 71.3 cm³/mol. The van der Waals surface area contributed by atoms with Gasteiger partial charge in [-0.05, 0) is 44.5 Å². The molecule has 1 aromatic rings. The SMILES string of the molecule is CCNC(=O)c1ccc(C)c(NCCCN)c1. The van der Waals surface area contributed by atoms with Crippen LogP contribution in [0, 0.1) is 6.92 Å². The molecule has 1 amide bonds. The second-order valence-corrected chi connectivity index (χ2v) is 3.96. The minimum atomic E-state index is -0.0330. The van der Waals surface area contributed by atoms with Crippen molar-refractivity contribution in [1.82, 2.24) is 5.32 Å². The first kappa shape index (κ1) is 13.5. The highest BCUT2D eigenvalue weighted by Crippen LogP contribution is 2.16. The van der Waals surface area contributed by atoms with Gasteiger partial charge in [0.1, 0.15) is 0 Å². The third kappa shape index (κ3) is 4.07. The zero-order chi connectivity index (χ0) is 12.7. The van der Waals surface area contributed by atoms with E-state index in [0.717, 1.165) is 24.2 Å². The van der Waals surface area contributed by atoms with E-state index in [9.17, 15) is 4.79 Å². The Kier molecular flexibility index (Phi) is 5.49. The van der Waals surface area contributed by atoms with Crippen molar-refractivity contribution in [3.8, 4) is 0 Å². The van der Waals surface area contributed by atoms with Gasteiger partial charge in [0, 0.05) is 24.3 Å². The molecule has 0 fully saturated rings. The monoisotopic (exact) mass is 235 g/mol. The maximum Gasteiger partial charge on any atom is 0.251 e. The van der Waals surface area contributed by atoms with Crippen LogP contribution in [0.15, 0.2) is 18.2 Å². The molecule has 0 aromatic heterocycles. The van der Waals surface area contributed by atoms with E-state index in [1.165, 1.54) is 0 Å². The lowest BCUT2D eigenvalue weighted by Gasteiger charge is -2.11. The molecule has 0 radical (unpaired) electrons. The van der Waals surface area contributed by atoms with Crippen molar-refractivity contribution in [2.24, 2.45) is 5.73 Å². The second kappa shape index (κ2) is 6.91. The van der Waals surface area contributed by atoms with E-state index in [0.29, 0.717) is 18.7 Å². The van der Waals surface area contributed by atoms with E-state index >= 15 is 0 Å². The average molecular weight is 235 g/mol. The van der Waals surface area contributed by atoms with E-state index in [4.69, 9.17) is 5.73 Å². The van der Waals surface area contributed by atoms with Gasteiger partial charge in [-0.25, -0.2) is 0 Å². The van der Waals surface area contributed by atoms with Crippen LogP contribution in [0.3, 0.4) is 0 Å². The quantitative estimate of drug-likeness (QED) is 0.655. The van der Waals surface area contributed by atoms with Gasteiger partial charge in [0.2, 0.25) is 0 Å². The third-order valence-corrected chi connectivity index (χ3v) is 2.53. The molecule has 0 heterocycles. The van der Waals surface area contributed by atoms with Gasteiger partial charge >= 0.3 is 0 Å². The highest BCUT2D eigenvalue weighted by Gasteiger charge is 2.06. The van der Waals surface area contributed by atoms with Crippen molar-refractivity contribution in [2.75, 3.05) is 25.0 Å². The summed E-state index contributed by atoms with van der Waals surface area (Å²) >= 11 is 0. The Balaban J connectivity index is 2.75. The van der Waals surface area contributed by atoms with Gasteiger partial charge in [-0.3, -0.25) is 4.79 Å². The van der Waals surface area contributed by atoms with Gasteiger partial charge in [0.25, 0.3) is 5.91 Å². The molecule has 1 rings (SSSR count). The van der Waals surface area contributed by atoms with Crippen LogP contribution in [0.25, 0.3) is 0 Å². The molecule has 1 aromatic carbocycles. The molecular weight excluding hydrogens is 214 g/mol. The molecular formula is C13H21N3O. The maximum absolute atomic E-state index is 11.7. The number of rotatable bonds is 6. The van der Waals surface area contributed by atoms with Gasteiger partial charge in [0.05, 0.1) is 0 Å². The summed E-state index contributed by atoms with van der Waals surface area (Å²) in [6.45, 7) is 6.07. The van der Waals surface area contributed by atoms with E-state index in [-0.39, 0.29) is 5.91 Å². The Labute approximate surface area is 103 Å². The van der Waals surface area contributed by atoms with Crippen molar-refractivity contribution in [3.63, 3.8) is 0 Å². The number of nitrogens with one attached hydrogen (secondary N) is 2. The van der Waals surface area contributed by atoms with E-state index in [1.807, 2.05) is 32.0 Å². The standard InChI is InChI=1S/C13H21N3O/c1-3-15-13(17)11-6-5-10(2)12(9-11)16-8-4-7-14/h5-6,9,16H,3-4,7-8,14H2,1-2H3,(H,15,17). The number of benzene rings is 1. The normalized spacial score (nSPS) is 10.1. The van der Waals surface area contributed by atoms with Crippen molar-refractivity contribution < 1.29 is 4.79 Å². The molecule has 0 aliphatic carbocycles. The Morgan fingerprint density at radius 1 is 1.41 bits per heavy atom. The number of carbonyl (C=O) groups is 1. The fraction of sp³-hybridized carbons (Fsp3) is 0.462. The lowest BCUT2D eigenvalue weighted by molar-refractivity contribution is 0.0956. The number of hydrogen-bond acceptors (Lipinski definition) is 3. The highest BCUT2D eigenvalue weighted by atomic mass is 16.1. The fourth-order valence-corrected chi connectivity index (χ4v) is 1.54. The Morgan fingerprint density at radius 2 is 2.18 bits per heavy atom. The van der Waals surface area contributed by atoms with Gasteiger partial charge in [-0.15, -0.1) is 0 Å². The summed E-state index contributed by atoms with van der Waals surface area (Å²) in [7, 11) is 0. The summed E-state index contributed by atoms with van der Waals surface area (Å²) in [6, 6.07) is 5.68. The fourth-order valence-electron chi connectivity index (χ4n) is 1.54. The average Bonchev–Trinajstić information content (AvgIpc) is 2.32. The number of amides is 1. The minimum absolute atomic E-state index is 0.0330. The molecule has 0 bridgehead atoms. The summed E-state index contributed by atoms with van der Waals surface area (Å²) in [5, 5.41) is 6.08. The van der Waals surface area contributed by atoms with Crippen LogP contribution in [-0.2, 0) is 0 Å². The highest BCUT2D eigenvalue weighted by molar-refractivity contribution is 5.95. The molecule has 4 nitrogen and oxygen atoms in total. The van der Waals surface area contributed by atoms with Gasteiger partial charge in [-0.1, -0.05) is 6.07 Å². The number of hydrogen-bond donors (Lipinski definition) is 3. The van der Waals surface area contributed by atoms with Crippen LogP contribution in [0.2, 0.25) is 0 Å². The smallest absolute Gasteiger partial charge is 0.251 e. The van der Waals surface area contributed by atoms with E-state index in [2.05, 4.69) is 10.6 Å². The van der Waals surface area contributed by atoms with Crippen molar-refractivity contribution in [3.05, 3.63) is 29.3 Å². The summed E-state index contributed by atoms with van der Waals surface area (Å²) in [5.41, 5.74) is 8.27. The van der Waals surface area contributed by atoms with Crippen molar-refractivity contribution >= 4 is 11.6 Å². The van der Waals surface area contributed by atoms with Crippen LogP contribution in [0.1, 0.15) is 29.3 Å². The van der Waals surface area contributed by atoms with Crippen LogP contribution in [-0.4, -0.2) is 25.5 Å². The molecule has 94 valence electrons. The number of carbonyl (C=O) groups excluding carboxylic acids is 1. The first-order valence-electron chi connectivity index (χ1n) is 6.01. The number of aryl methyl sites for hydroxylation is 1. The summed E-state index contributed by atoms with van der Waals surface area (Å²) in [4.78, 5) is 11.7. The molecule has 0 aliphatic rings. The first-order chi connectivity index (χ1) is 8.19. The largest absolute Gasteiger partial charge is 0.385 e. The third-order valence-electron chi connectivity index (χ3n) is 2.53. The number of anilines is 1. The first-order valence-corrected chi connectivity index (χ1v) is 6.01. The van der Waals surface area contributed by atoms with Crippen molar-refractivity contribution in [2.45, 2.75) is 20.3 Å². The van der Waals surface area contributed by atoms with Crippen LogP contribution < -0.4 is 16.4 Å². The number of nitrogens with two attached hydrogens (primary N) is 1. The van der Waals surface area contributed by atoms with Gasteiger partial charge < -0.3 is 16.4 Å². The molecule has 0 saturated heterocycles. The van der Waals surface area contributed by atoms with Gasteiger partial charge in [-0.2, -0.15) is 0 Å². The Morgan fingerprint density at radius 3 is 2.82 bits per heavy atom. The lowest BCUT2D eigenvalue weighted by atomic mass is 10.1. The second-order valence-electron chi connectivity index (χ2n) is 3.96. The molecule has 0 spiro atoms. The molecule has 4 N–H and O–H groups in total. The zero-order valence-corrected chi connectivity index (χ0v) is 10.5. The molecule has 0 unspecified atom stereocenters. The molecule has 17 heavy (non-hydrogen) atoms. The minimum Gasteiger partial charge on any atom is -0.385 e. The van der Waals surface area contributed by atoms with Gasteiger partial charge in [0.15, 0.2) is 0 Å². The molecule has 0 saturated carbocycles. The maximum atomic E-state index is 11.7. The van der Waals surface area contributed by atoms with Crippen LogP contribution in [0.4, 0.5) is 5.69 Å². The van der Waals surface area contributed by atoms with E-state index < -0.39 is 0 Å². The molecule has 4 heteroatoms. The summed E-state index contributed by atoms with van der Waals surface area (Å²) in [6.07, 6.45) is 0.921. The summed E-state index contributed by atoms with van der Waals surface area (Å²) in [5.74, 6) is -0.0330. The Bertz CT molecular complexity index is 377. The van der Waals surface area contributed by atoms with Crippen LogP contribution in [0.5, 0.6) is 0 Å². The van der Waals surface area contributed by atoms with Crippen LogP contribution >= 0.6 is 0 Å². The zero-order valence-electron chi connectivity index (χ0n) is 10.5. The molecule has 0 aliphatic heterocycles. The van der Waals surface area contributed by atoms with E-state index in [1.54, 1.807) is 0 Å². The summed E-state index contributed by atoms with van der Waals surface area (Å²) < 4.78 is 0.